The first-order valence-electron chi connectivity index (χ1n) is 8.29. The zero-order valence-corrected chi connectivity index (χ0v) is 13.9. The first-order valence-corrected chi connectivity index (χ1v) is 8.29. The molecule has 24 heavy (non-hydrogen) atoms. The van der Waals surface area contributed by atoms with Crippen molar-refractivity contribution in [2.24, 2.45) is 10.8 Å². The number of nitro groups is 1. The van der Waals surface area contributed by atoms with Crippen LogP contribution in [-0.4, -0.2) is 16.7 Å². The fraction of sp³-hybridized carbons (Fsp3) is 0.556. The number of Topliss-reactive ketones (excluding diaryl/α,β-unsaturated/α-hetero) is 1. The third-order valence-electron chi connectivity index (χ3n) is 5.39. The largest absolute Gasteiger partial charge is 0.456 e. The summed E-state index contributed by atoms with van der Waals surface area (Å²) >= 11 is 0. The molecular formula is C18H21NO5. The van der Waals surface area contributed by atoms with Crippen LogP contribution in [0.4, 0.5) is 5.69 Å². The third kappa shape index (κ3) is 2.41. The second-order valence-electron chi connectivity index (χ2n) is 7.31. The number of hydrogen-bond donors (Lipinski definition) is 0. The summed E-state index contributed by atoms with van der Waals surface area (Å²) in [5, 5.41) is 11.1. The van der Waals surface area contributed by atoms with Gasteiger partial charge in [0.15, 0.2) is 5.78 Å². The number of nitro benzene ring substituents is 1. The van der Waals surface area contributed by atoms with Gasteiger partial charge in [-0.2, -0.15) is 0 Å². The van der Waals surface area contributed by atoms with E-state index in [9.17, 15) is 19.7 Å². The Kier molecular flexibility index (Phi) is 3.94. The van der Waals surface area contributed by atoms with Crippen molar-refractivity contribution in [1.29, 1.82) is 0 Å². The quantitative estimate of drug-likeness (QED) is 0.356. The van der Waals surface area contributed by atoms with E-state index < -0.39 is 27.8 Å². The SMILES string of the molecule is CC1(C)C(=O)O[C@H](c2cccc([N+](=O)[O-])c2)C2(CCCCC2)C1=O. The number of carbonyl (C=O) groups is 2. The van der Waals surface area contributed by atoms with Crippen LogP contribution in [0.5, 0.6) is 0 Å². The average Bonchev–Trinajstić information content (AvgIpc) is 2.58. The van der Waals surface area contributed by atoms with Crippen LogP contribution in [0.2, 0.25) is 0 Å². The summed E-state index contributed by atoms with van der Waals surface area (Å²) in [6, 6.07) is 6.09. The molecule has 0 radical (unpaired) electrons. The van der Waals surface area contributed by atoms with Gasteiger partial charge in [-0.3, -0.25) is 19.7 Å². The molecule has 2 aliphatic rings. The number of cyclic esters (lactones) is 1. The number of esters is 1. The van der Waals surface area contributed by atoms with Gasteiger partial charge in [-0.15, -0.1) is 0 Å². The van der Waals surface area contributed by atoms with Crippen molar-refractivity contribution in [3.63, 3.8) is 0 Å². The normalized spacial score (nSPS) is 25.3. The molecular weight excluding hydrogens is 310 g/mol. The highest BCUT2D eigenvalue weighted by molar-refractivity contribution is 6.08. The lowest BCUT2D eigenvalue weighted by molar-refractivity contribution is -0.385. The fourth-order valence-corrected chi connectivity index (χ4v) is 4.06. The monoisotopic (exact) mass is 331 g/mol. The molecule has 1 spiro atoms. The summed E-state index contributed by atoms with van der Waals surface area (Å²) in [4.78, 5) is 36.2. The number of carbonyl (C=O) groups excluding carboxylic acids is 2. The minimum Gasteiger partial charge on any atom is -0.456 e. The van der Waals surface area contributed by atoms with Crippen LogP contribution in [0.15, 0.2) is 24.3 Å². The number of benzene rings is 1. The van der Waals surface area contributed by atoms with Crippen LogP contribution in [-0.2, 0) is 14.3 Å². The number of rotatable bonds is 2. The molecule has 1 saturated carbocycles. The topological polar surface area (TPSA) is 86.5 Å². The minimum absolute atomic E-state index is 0.0632. The second-order valence-corrected chi connectivity index (χ2v) is 7.31. The second kappa shape index (κ2) is 5.69. The van der Waals surface area contributed by atoms with E-state index in [0.29, 0.717) is 18.4 Å². The summed E-state index contributed by atoms with van der Waals surface area (Å²) in [6.07, 6.45) is 3.39. The minimum atomic E-state index is -1.17. The fourth-order valence-electron chi connectivity index (χ4n) is 4.06. The maximum Gasteiger partial charge on any atom is 0.319 e. The standard InChI is InChI=1S/C18H21NO5/c1-17(2)15(20)18(9-4-3-5-10-18)14(24-16(17)21)12-7-6-8-13(11-12)19(22)23/h6-8,11,14H,3-5,9-10H2,1-2H3/t14-/m1/s1. The lowest BCUT2D eigenvalue weighted by Crippen LogP contribution is -2.55. The van der Waals surface area contributed by atoms with Gasteiger partial charge in [0.2, 0.25) is 0 Å². The van der Waals surface area contributed by atoms with Gasteiger partial charge >= 0.3 is 5.97 Å². The van der Waals surface area contributed by atoms with Gasteiger partial charge in [-0.25, -0.2) is 0 Å². The van der Waals surface area contributed by atoms with Gasteiger partial charge in [0, 0.05) is 17.7 Å². The third-order valence-corrected chi connectivity index (χ3v) is 5.39. The molecule has 1 saturated heterocycles. The van der Waals surface area contributed by atoms with E-state index in [-0.39, 0.29) is 11.5 Å². The highest BCUT2D eigenvalue weighted by atomic mass is 16.6. The van der Waals surface area contributed by atoms with E-state index in [0.717, 1.165) is 19.3 Å². The van der Waals surface area contributed by atoms with Crippen LogP contribution in [0.3, 0.4) is 0 Å². The molecule has 1 aliphatic carbocycles. The van der Waals surface area contributed by atoms with Crippen molar-refractivity contribution in [3.8, 4) is 0 Å². The van der Waals surface area contributed by atoms with Crippen LogP contribution in [0, 0.1) is 20.9 Å². The Bertz CT molecular complexity index is 703. The van der Waals surface area contributed by atoms with E-state index in [1.54, 1.807) is 26.0 Å². The van der Waals surface area contributed by atoms with Gasteiger partial charge in [0.25, 0.3) is 5.69 Å². The Morgan fingerprint density at radius 3 is 2.46 bits per heavy atom. The zero-order chi connectivity index (χ0) is 17.5. The van der Waals surface area contributed by atoms with Crippen LogP contribution in [0.25, 0.3) is 0 Å². The molecule has 0 unspecified atom stereocenters. The van der Waals surface area contributed by atoms with Gasteiger partial charge in [-0.1, -0.05) is 31.4 Å². The summed E-state index contributed by atoms with van der Waals surface area (Å²) in [6.45, 7) is 3.22. The number of ketones is 1. The Morgan fingerprint density at radius 2 is 1.83 bits per heavy atom. The average molecular weight is 331 g/mol. The number of nitrogens with zero attached hydrogens (tertiary/aromatic N) is 1. The molecule has 1 atom stereocenters. The first kappa shape index (κ1) is 16.6. The highest BCUT2D eigenvalue weighted by Gasteiger charge is 2.60. The van der Waals surface area contributed by atoms with Gasteiger partial charge in [0.05, 0.1) is 10.3 Å². The van der Waals surface area contributed by atoms with Crippen molar-refractivity contribution >= 4 is 17.4 Å². The molecule has 0 bridgehead atoms. The number of ether oxygens (including phenoxy) is 1. The van der Waals surface area contributed by atoms with Crippen LogP contribution < -0.4 is 0 Å². The van der Waals surface area contributed by atoms with E-state index >= 15 is 0 Å². The van der Waals surface area contributed by atoms with Crippen molar-refractivity contribution in [1.82, 2.24) is 0 Å². The van der Waals surface area contributed by atoms with Crippen molar-refractivity contribution in [3.05, 3.63) is 39.9 Å². The molecule has 2 fully saturated rings. The van der Waals surface area contributed by atoms with E-state index in [4.69, 9.17) is 4.74 Å². The predicted molar refractivity (Wildman–Crippen MR) is 86.2 cm³/mol. The number of hydrogen-bond acceptors (Lipinski definition) is 5. The van der Waals surface area contributed by atoms with Crippen molar-refractivity contribution in [2.45, 2.75) is 52.1 Å². The molecule has 128 valence electrons. The highest BCUT2D eigenvalue weighted by Crippen LogP contribution is 2.55. The molecule has 1 aliphatic heterocycles. The zero-order valence-electron chi connectivity index (χ0n) is 13.9. The van der Waals surface area contributed by atoms with E-state index in [1.807, 2.05) is 0 Å². The van der Waals surface area contributed by atoms with Crippen LogP contribution in [0.1, 0.15) is 57.6 Å². The van der Waals surface area contributed by atoms with E-state index in [2.05, 4.69) is 0 Å². The number of non-ortho nitro benzene ring substituents is 1. The van der Waals surface area contributed by atoms with Crippen molar-refractivity contribution < 1.29 is 19.2 Å². The lowest BCUT2D eigenvalue weighted by atomic mass is 9.59. The molecule has 6 nitrogen and oxygen atoms in total. The Morgan fingerprint density at radius 1 is 1.17 bits per heavy atom. The summed E-state index contributed by atoms with van der Waals surface area (Å²) < 4.78 is 5.70. The molecule has 0 N–H and O–H groups in total. The van der Waals surface area contributed by atoms with Gasteiger partial charge < -0.3 is 4.74 Å². The summed E-state index contributed by atoms with van der Waals surface area (Å²) in [5.41, 5.74) is -1.48. The van der Waals surface area contributed by atoms with Gasteiger partial charge in [0.1, 0.15) is 11.5 Å². The maximum atomic E-state index is 13.2. The molecule has 1 aromatic carbocycles. The summed E-state index contributed by atoms with van der Waals surface area (Å²) in [7, 11) is 0. The van der Waals surface area contributed by atoms with E-state index in [1.165, 1.54) is 12.1 Å². The van der Waals surface area contributed by atoms with Gasteiger partial charge in [-0.05, 0) is 26.7 Å². The molecule has 3 rings (SSSR count). The Labute approximate surface area is 140 Å². The van der Waals surface area contributed by atoms with Crippen LogP contribution >= 0.6 is 0 Å². The molecule has 1 aromatic rings. The van der Waals surface area contributed by atoms with Crippen molar-refractivity contribution in [2.75, 3.05) is 0 Å². The molecule has 1 heterocycles. The molecule has 6 heteroatoms. The smallest absolute Gasteiger partial charge is 0.319 e. The molecule has 0 aromatic heterocycles. The lowest BCUT2D eigenvalue weighted by Gasteiger charge is -2.49. The maximum absolute atomic E-state index is 13.2. The Hall–Kier alpha value is -2.24. The summed E-state index contributed by atoms with van der Waals surface area (Å²) in [5.74, 6) is -0.650. The Balaban J connectivity index is 2.10. The predicted octanol–water partition coefficient (Wildman–Crippen LogP) is 3.74. The molecule has 0 amide bonds. The first-order chi connectivity index (χ1) is 11.3.